The van der Waals surface area contributed by atoms with Gasteiger partial charge >= 0.3 is 0 Å². The van der Waals surface area contributed by atoms with Gasteiger partial charge in [-0.15, -0.1) is 4.72 Å². The molecular formula is C22H26ClN3O2S. The van der Waals surface area contributed by atoms with Gasteiger partial charge in [-0.1, -0.05) is 29.8 Å². The van der Waals surface area contributed by atoms with Crippen molar-refractivity contribution in [1.29, 1.82) is 0 Å². The Bertz CT molecular complexity index is 1120. The number of aryl methyl sites for hydroxylation is 1. The molecule has 0 saturated carbocycles. The SMILES string of the molecule is Cc1cc(C(C)N[S@+]([O-])C(C)(C)C)c2nc(-c3ccccc3Cl)n(C)c(=O)c2c1. The van der Waals surface area contributed by atoms with Gasteiger partial charge in [-0.25, -0.2) is 4.98 Å². The van der Waals surface area contributed by atoms with E-state index < -0.39 is 16.1 Å². The summed E-state index contributed by atoms with van der Waals surface area (Å²) in [7, 11) is 1.70. The number of hydrogen-bond acceptors (Lipinski definition) is 4. The minimum absolute atomic E-state index is 0.140. The highest BCUT2D eigenvalue weighted by Crippen LogP contribution is 2.30. The Labute approximate surface area is 179 Å². The van der Waals surface area contributed by atoms with Crippen LogP contribution in [0, 0.1) is 6.92 Å². The van der Waals surface area contributed by atoms with E-state index in [1.165, 1.54) is 4.57 Å². The number of fused-ring (bicyclic) bond motifs is 1. The van der Waals surface area contributed by atoms with Crippen molar-refractivity contribution in [2.45, 2.75) is 45.4 Å². The highest BCUT2D eigenvalue weighted by molar-refractivity contribution is 7.90. The van der Waals surface area contributed by atoms with E-state index in [4.69, 9.17) is 16.6 Å². The van der Waals surface area contributed by atoms with E-state index in [0.29, 0.717) is 27.3 Å². The zero-order valence-corrected chi connectivity index (χ0v) is 19.1. The predicted molar refractivity (Wildman–Crippen MR) is 122 cm³/mol. The molecule has 5 nitrogen and oxygen atoms in total. The maximum Gasteiger partial charge on any atom is 0.261 e. The van der Waals surface area contributed by atoms with Crippen molar-refractivity contribution < 1.29 is 4.55 Å². The van der Waals surface area contributed by atoms with E-state index in [9.17, 15) is 9.35 Å². The molecule has 29 heavy (non-hydrogen) atoms. The molecule has 1 N–H and O–H groups in total. The molecule has 0 bridgehead atoms. The molecule has 3 aromatic rings. The molecule has 7 heteroatoms. The van der Waals surface area contributed by atoms with Gasteiger partial charge in [0.1, 0.15) is 10.6 Å². The second-order valence-electron chi connectivity index (χ2n) is 8.25. The first-order valence-electron chi connectivity index (χ1n) is 9.45. The van der Waals surface area contributed by atoms with Crippen molar-refractivity contribution in [2.75, 3.05) is 0 Å². The van der Waals surface area contributed by atoms with Crippen LogP contribution >= 0.6 is 11.6 Å². The fraction of sp³-hybridized carbons (Fsp3) is 0.364. The summed E-state index contributed by atoms with van der Waals surface area (Å²) >= 11 is 5.12. The van der Waals surface area contributed by atoms with E-state index in [1.807, 2.05) is 65.0 Å². The van der Waals surface area contributed by atoms with E-state index in [-0.39, 0.29) is 11.6 Å². The summed E-state index contributed by atoms with van der Waals surface area (Å²) in [4.78, 5) is 18.0. The average Bonchev–Trinajstić information content (AvgIpc) is 2.64. The van der Waals surface area contributed by atoms with E-state index in [2.05, 4.69) is 4.72 Å². The molecule has 0 aliphatic carbocycles. The van der Waals surface area contributed by atoms with Crippen molar-refractivity contribution in [2.24, 2.45) is 7.05 Å². The molecule has 0 fully saturated rings. The minimum atomic E-state index is -1.25. The molecule has 0 radical (unpaired) electrons. The van der Waals surface area contributed by atoms with Crippen molar-refractivity contribution >= 4 is 33.9 Å². The molecular weight excluding hydrogens is 406 g/mol. The third kappa shape index (κ3) is 4.36. The first-order valence-corrected chi connectivity index (χ1v) is 11.0. The molecule has 0 aliphatic heterocycles. The summed E-state index contributed by atoms with van der Waals surface area (Å²) < 4.78 is 16.9. The zero-order chi connectivity index (χ0) is 21.5. The molecule has 0 spiro atoms. The predicted octanol–water partition coefficient (Wildman–Crippen LogP) is 4.68. The van der Waals surface area contributed by atoms with Crippen LogP contribution in [0.1, 0.15) is 44.9 Å². The topological polar surface area (TPSA) is 70.0 Å². The summed E-state index contributed by atoms with van der Waals surface area (Å²) in [6.07, 6.45) is 0. The molecule has 154 valence electrons. The standard InChI is InChI=1S/C22H26ClN3O2S/c1-13-11-16(14(2)25-29(28)22(3,4)5)19-17(12-13)21(27)26(6)20(24-19)15-9-7-8-10-18(15)23/h7-12,14,25H,1-6H3/t14?,29-/m1/s1. The quantitative estimate of drug-likeness (QED) is 0.609. The number of benzene rings is 2. The van der Waals surface area contributed by atoms with Gasteiger partial charge in [-0.2, -0.15) is 0 Å². The maximum atomic E-state index is 13.1. The fourth-order valence-electron chi connectivity index (χ4n) is 3.17. The Kier molecular flexibility index (Phi) is 6.11. The Morgan fingerprint density at radius 1 is 1.24 bits per heavy atom. The molecule has 0 aliphatic rings. The lowest BCUT2D eigenvalue weighted by atomic mass is 10.0. The number of nitrogens with one attached hydrogen (secondary N) is 1. The summed E-state index contributed by atoms with van der Waals surface area (Å²) in [6, 6.07) is 10.9. The van der Waals surface area contributed by atoms with Crippen LogP contribution in [0.5, 0.6) is 0 Å². The molecule has 3 rings (SSSR count). The van der Waals surface area contributed by atoms with Gasteiger partial charge in [0.2, 0.25) is 0 Å². The van der Waals surface area contributed by atoms with Gasteiger partial charge in [0, 0.05) is 29.5 Å². The third-order valence-electron chi connectivity index (χ3n) is 4.78. The summed E-state index contributed by atoms with van der Waals surface area (Å²) in [5.41, 5.74) is 2.94. The number of rotatable bonds is 4. The van der Waals surface area contributed by atoms with Gasteiger partial charge in [-0.05, 0) is 58.4 Å². The number of hydrogen-bond donors (Lipinski definition) is 1. The second-order valence-corrected chi connectivity index (χ2v) is 10.7. The Morgan fingerprint density at radius 2 is 1.90 bits per heavy atom. The highest BCUT2D eigenvalue weighted by atomic mass is 35.5. The van der Waals surface area contributed by atoms with Crippen LogP contribution < -0.4 is 10.3 Å². The van der Waals surface area contributed by atoms with Crippen molar-refractivity contribution in [3.05, 3.63) is 62.9 Å². The van der Waals surface area contributed by atoms with E-state index >= 15 is 0 Å². The molecule has 0 amide bonds. The van der Waals surface area contributed by atoms with Crippen LogP contribution in [0.25, 0.3) is 22.3 Å². The van der Waals surface area contributed by atoms with Crippen LogP contribution in [0.15, 0.2) is 41.2 Å². The molecule has 0 saturated heterocycles. The number of aromatic nitrogens is 2. The molecule has 1 unspecified atom stereocenters. The normalized spacial score (nSPS) is 14.2. The summed E-state index contributed by atoms with van der Waals surface area (Å²) in [6.45, 7) is 9.63. The summed E-state index contributed by atoms with van der Waals surface area (Å²) in [5.74, 6) is 0.502. The van der Waals surface area contributed by atoms with Gasteiger partial charge in [-0.3, -0.25) is 9.36 Å². The Balaban J connectivity index is 2.24. The lowest BCUT2D eigenvalue weighted by Crippen LogP contribution is -2.40. The van der Waals surface area contributed by atoms with Gasteiger partial charge < -0.3 is 4.55 Å². The van der Waals surface area contributed by atoms with E-state index in [0.717, 1.165) is 11.1 Å². The first kappa shape index (κ1) is 21.8. The average molecular weight is 432 g/mol. The minimum Gasteiger partial charge on any atom is -0.598 e. The first-order chi connectivity index (χ1) is 13.5. The molecule has 1 aromatic heterocycles. The molecule has 2 atom stereocenters. The summed E-state index contributed by atoms with van der Waals surface area (Å²) in [5, 5.41) is 1.07. The smallest absolute Gasteiger partial charge is 0.261 e. The van der Waals surface area contributed by atoms with Gasteiger partial charge in [0.15, 0.2) is 0 Å². The fourth-order valence-corrected chi connectivity index (χ4v) is 4.19. The zero-order valence-electron chi connectivity index (χ0n) is 17.5. The monoisotopic (exact) mass is 431 g/mol. The Hall–Kier alpha value is -1.86. The van der Waals surface area contributed by atoms with Crippen LogP contribution in [0.2, 0.25) is 5.02 Å². The third-order valence-corrected chi connectivity index (χ3v) is 6.79. The van der Waals surface area contributed by atoms with Crippen molar-refractivity contribution in [3.63, 3.8) is 0 Å². The molecule has 1 heterocycles. The number of nitrogens with zero attached hydrogens (tertiary/aromatic N) is 2. The van der Waals surface area contributed by atoms with Crippen molar-refractivity contribution in [1.82, 2.24) is 14.3 Å². The van der Waals surface area contributed by atoms with Crippen molar-refractivity contribution in [3.8, 4) is 11.4 Å². The maximum absolute atomic E-state index is 13.1. The van der Waals surface area contributed by atoms with Crippen LogP contribution in [0.3, 0.4) is 0 Å². The second kappa shape index (κ2) is 8.11. The van der Waals surface area contributed by atoms with E-state index in [1.54, 1.807) is 13.1 Å². The highest BCUT2D eigenvalue weighted by Gasteiger charge is 2.29. The Morgan fingerprint density at radius 3 is 2.52 bits per heavy atom. The lowest BCUT2D eigenvalue weighted by Gasteiger charge is -2.27. The number of halogens is 1. The largest absolute Gasteiger partial charge is 0.598 e. The van der Waals surface area contributed by atoms with Crippen LogP contribution in [-0.4, -0.2) is 18.9 Å². The lowest BCUT2D eigenvalue weighted by molar-refractivity contribution is 0.531. The van der Waals surface area contributed by atoms with Crippen LogP contribution in [-0.2, 0) is 18.4 Å². The van der Waals surface area contributed by atoms with Crippen LogP contribution in [0.4, 0.5) is 0 Å². The molecule has 2 aromatic carbocycles. The van der Waals surface area contributed by atoms with Gasteiger partial charge in [0.25, 0.3) is 5.56 Å². The van der Waals surface area contributed by atoms with Gasteiger partial charge in [0.05, 0.1) is 22.0 Å².